The number of nitrogens with one attached hydrogen (secondary N) is 1. The number of rotatable bonds is 8. The molecule has 1 aliphatic carbocycles. The first-order valence-corrected chi connectivity index (χ1v) is 12.8. The Morgan fingerprint density at radius 1 is 0.947 bits per heavy atom. The number of carbonyl (C=O) groups is 3. The molecule has 0 aromatic heterocycles. The molecule has 0 radical (unpaired) electrons. The van der Waals surface area contributed by atoms with E-state index in [-0.39, 0.29) is 36.5 Å². The molecule has 9 heteroatoms. The lowest BCUT2D eigenvalue weighted by molar-refractivity contribution is -0.138. The Hall–Kier alpha value is -3.36. The van der Waals surface area contributed by atoms with Crippen LogP contribution in [0.4, 0.5) is 13.2 Å². The van der Waals surface area contributed by atoms with Crippen LogP contribution in [0.5, 0.6) is 0 Å². The normalized spacial score (nSPS) is 18.1. The second-order valence-corrected chi connectivity index (χ2v) is 11.0. The van der Waals surface area contributed by atoms with E-state index in [9.17, 15) is 27.6 Å². The molecule has 0 saturated heterocycles. The van der Waals surface area contributed by atoms with Crippen LogP contribution in [0.25, 0.3) is 0 Å². The third-order valence-electron chi connectivity index (χ3n) is 7.25. The van der Waals surface area contributed by atoms with E-state index in [4.69, 9.17) is 5.11 Å². The van der Waals surface area contributed by atoms with E-state index in [1.165, 1.54) is 12.1 Å². The molecule has 3 rings (SSSR count). The van der Waals surface area contributed by atoms with E-state index in [0.29, 0.717) is 11.5 Å². The summed E-state index contributed by atoms with van der Waals surface area (Å²) in [5.74, 6) is -1.37. The maximum Gasteiger partial charge on any atom is 0.416 e. The van der Waals surface area contributed by atoms with Crippen molar-refractivity contribution >= 4 is 17.8 Å². The number of aliphatic carboxylic acids is 1. The van der Waals surface area contributed by atoms with Crippen LogP contribution in [-0.4, -0.2) is 40.4 Å². The topological polar surface area (TPSA) is 86.7 Å². The zero-order chi connectivity index (χ0) is 28.1. The molecule has 0 heterocycles. The highest BCUT2D eigenvalue weighted by Gasteiger charge is 2.35. The van der Waals surface area contributed by atoms with Gasteiger partial charge >= 0.3 is 12.1 Å². The molecule has 1 fully saturated rings. The average molecular weight is 533 g/mol. The Kier molecular flexibility index (Phi) is 9.22. The molecule has 2 amide bonds. The van der Waals surface area contributed by atoms with Gasteiger partial charge in [-0.1, -0.05) is 39.0 Å². The smallest absolute Gasteiger partial charge is 0.416 e. The Morgan fingerprint density at radius 2 is 1.58 bits per heavy atom. The highest BCUT2D eigenvalue weighted by atomic mass is 19.4. The van der Waals surface area contributed by atoms with Gasteiger partial charge in [-0.05, 0) is 72.9 Å². The lowest BCUT2D eigenvalue weighted by Crippen LogP contribution is -2.43. The first-order chi connectivity index (χ1) is 17.8. The molecule has 2 aromatic rings. The fourth-order valence-corrected chi connectivity index (χ4v) is 4.96. The summed E-state index contributed by atoms with van der Waals surface area (Å²) in [6, 6.07) is 11.0. The van der Waals surface area contributed by atoms with E-state index in [2.05, 4.69) is 26.1 Å². The summed E-state index contributed by atoms with van der Waals surface area (Å²) in [6.07, 6.45) is -1.36. The molecule has 2 aromatic carbocycles. The Labute approximate surface area is 221 Å². The Balaban J connectivity index is 1.81. The van der Waals surface area contributed by atoms with Crippen molar-refractivity contribution in [3.63, 3.8) is 0 Å². The summed E-state index contributed by atoms with van der Waals surface area (Å²) >= 11 is 0. The van der Waals surface area contributed by atoms with Crippen molar-refractivity contribution in [2.45, 2.75) is 71.6 Å². The number of nitrogens with zero attached hydrogens (tertiary/aromatic N) is 1. The molecule has 0 aliphatic heterocycles. The van der Waals surface area contributed by atoms with Gasteiger partial charge in [-0.3, -0.25) is 14.4 Å². The highest BCUT2D eigenvalue weighted by molar-refractivity contribution is 5.95. The van der Waals surface area contributed by atoms with Crippen molar-refractivity contribution in [1.29, 1.82) is 0 Å². The summed E-state index contributed by atoms with van der Waals surface area (Å²) in [6.45, 7) is 6.79. The molecular weight excluding hydrogens is 497 g/mol. The van der Waals surface area contributed by atoms with Gasteiger partial charge in [0.1, 0.15) is 0 Å². The van der Waals surface area contributed by atoms with Gasteiger partial charge in [0.25, 0.3) is 11.8 Å². The van der Waals surface area contributed by atoms with Crippen LogP contribution in [-0.2, 0) is 17.5 Å². The molecular formula is C29H35F3N2O4. The first kappa shape index (κ1) is 29.2. The minimum Gasteiger partial charge on any atom is -0.481 e. The number of carboxylic acid groups (broad SMARTS) is 1. The van der Waals surface area contributed by atoms with Crippen molar-refractivity contribution in [2.75, 3.05) is 6.54 Å². The number of halogens is 3. The standard InChI is InChI=1S/C29H35F3N2O4/c1-28(2,3)22-11-13-24(14-12-22)34(27(38)21-5-4-6-23(17-21)29(30,31)32)18-19-7-9-20(10-8-19)26(37)33-16-15-25(35)36/h4-10,17,22,24H,11-16,18H2,1-3H3,(H,33,37)(H,35,36). The lowest BCUT2D eigenvalue weighted by atomic mass is 9.71. The molecule has 1 saturated carbocycles. The van der Waals surface area contributed by atoms with Crippen molar-refractivity contribution in [3.8, 4) is 0 Å². The molecule has 6 nitrogen and oxygen atoms in total. The first-order valence-electron chi connectivity index (χ1n) is 12.8. The van der Waals surface area contributed by atoms with E-state index in [0.717, 1.165) is 43.4 Å². The lowest BCUT2D eigenvalue weighted by Gasteiger charge is -2.41. The summed E-state index contributed by atoms with van der Waals surface area (Å²) in [5.41, 5.74) is 0.359. The fraction of sp³-hybridized carbons (Fsp3) is 0.483. The fourth-order valence-electron chi connectivity index (χ4n) is 4.96. The second-order valence-electron chi connectivity index (χ2n) is 11.0. The van der Waals surface area contributed by atoms with Crippen molar-refractivity contribution in [1.82, 2.24) is 10.2 Å². The summed E-state index contributed by atoms with van der Waals surface area (Å²) < 4.78 is 40.0. The number of carbonyl (C=O) groups excluding carboxylic acids is 2. The van der Waals surface area contributed by atoms with Gasteiger partial charge in [0.15, 0.2) is 0 Å². The largest absolute Gasteiger partial charge is 0.481 e. The highest BCUT2D eigenvalue weighted by Crippen LogP contribution is 2.39. The molecule has 38 heavy (non-hydrogen) atoms. The van der Waals surface area contributed by atoms with Gasteiger partial charge in [0, 0.05) is 30.3 Å². The second kappa shape index (κ2) is 12.0. The minimum atomic E-state index is -4.55. The van der Waals surface area contributed by atoms with Gasteiger partial charge in [-0.25, -0.2) is 0 Å². The monoisotopic (exact) mass is 532 g/mol. The number of carboxylic acids is 1. The predicted octanol–water partition coefficient (Wildman–Crippen LogP) is 6.16. The summed E-state index contributed by atoms with van der Waals surface area (Å²) in [7, 11) is 0. The number of amides is 2. The SMILES string of the molecule is CC(C)(C)C1CCC(N(Cc2ccc(C(=O)NCCC(=O)O)cc2)C(=O)c2cccc(C(F)(F)F)c2)CC1. The quantitative estimate of drug-likeness (QED) is 0.427. The van der Waals surface area contributed by atoms with Crippen LogP contribution in [0.1, 0.15) is 84.7 Å². The van der Waals surface area contributed by atoms with Gasteiger partial charge in [-0.15, -0.1) is 0 Å². The molecule has 0 atom stereocenters. The zero-order valence-electron chi connectivity index (χ0n) is 22.0. The van der Waals surface area contributed by atoms with E-state index >= 15 is 0 Å². The molecule has 1 aliphatic rings. The Morgan fingerprint density at radius 3 is 2.13 bits per heavy atom. The number of benzene rings is 2. The van der Waals surface area contributed by atoms with Gasteiger partial charge in [-0.2, -0.15) is 13.2 Å². The van der Waals surface area contributed by atoms with Gasteiger partial charge in [0.2, 0.25) is 0 Å². The molecule has 0 spiro atoms. The molecule has 0 bridgehead atoms. The average Bonchev–Trinajstić information content (AvgIpc) is 2.86. The van der Waals surface area contributed by atoms with E-state index in [1.807, 2.05) is 0 Å². The number of hydrogen-bond donors (Lipinski definition) is 2. The summed E-state index contributed by atoms with van der Waals surface area (Å²) in [4.78, 5) is 38.2. The maximum atomic E-state index is 13.6. The summed E-state index contributed by atoms with van der Waals surface area (Å²) in [5, 5.41) is 11.3. The third kappa shape index (κ3) is 7.82. The molecule has 2 N–H and O–H groups in total. The predicted molar refractivity (Wildman–Crippen MR) is 138 cm³/mol. The Bertz CT molecular complexity index is 1130. The van der Waals surface area contributed by atoms with E-state index in [1.54, 1.807) is 29.2 Å². The van der Waals surface area contributed by atoms with Crippen LogP contribution in [0, 0.1) is 11.3 Å². The van der Waals surface area contributed by atoms with Gasteiger partial charge < -0.3 is 15.3 Å². The van der Waals surface area contributed by atoms with Crippen LogP contribution >= 0.6 is 0 Å². The number of alkyl halides is 3. The molecule has 206 valence electrons. The van der Waals surface area contributed by atoms with Crippen molar-refractivity contribution < 1.29 is 32.7 Å². The molecule has 0 unspecified atom stereocenters. The van der Waals surface area contributed by atoms with Crippen LogP contribution in [0.2, 0.25) is 0 Å². The van der Waals surface area contributed by atoms with Crippen molar-refractivity contribution in [2.24, 2.45) is 11.3 Å². The van der Waals surface area contributed by atoms with Crippen LogP contribution in [0.3, 0.4) is 0 Å². The minimum absolute atomic E-state index is 0.00638. The van der Waals surface area contributed by atoms with Crippen LogP contribution in [0.15, 0.2) is 48.5 Å². The van der Waals surface area contributed by atoms with Crippen LogP contribution < -0.4 is 5.32 Å². The zero-order valence-corrected chi connectivity index (χ0v) is 22.0. The van der Waals surface area contributed by atoms with E-state index < -0.39 is 29.5 Å². The maximum absolute atomic E-state index is 13.6. The van der Waals surface area contributed by atoms with Gasteiger partial charge in [0.05, 0.1) is 12.0 Å². The number of hydrogen-bond acceptors (Lipinski definition) is 3. The third-order valence-corrected chi connectivity index (χ3v) is 7.25. The van der Waals surface area contributed by atoms with Crippen molar-refractivity contribution in [3.05, 3.63) is 70.8 Å².